The van der Waals surface area contributed by atoms with Crippen LogP contribution in [0.5, 0.6) is 0 Å². The van der Waals surface area contributed by atoms with Crippen molar-refractivity contribution in [1.29, 1.82) is 0 Å². The van der Waals surface area contributed by atoms with Crippen molar-refractivity contribution in [2.24, 2.45) is 0 Å². The van der Waals surface area contributed by atoms with Crippen LogP contribution < -0.4 is 5.32 Å². The third-order valence-corrected chi connectivity index (χ3v) is 2.52. The highest BCUT2D eigenvalue weighted by atomic mass is 79.9. The molecule has 88 valence electrons. The number of hydrogen-bond acceptors (Lipinski definition) is 4. The lowest BCUT2D eigenvalue weighted by Crippen LogP contribution is -2.28. The molecule has 16 heavy (non-hydrogen) atoms. The molecule has 1 aromatic heterocycles. The van der Waals surface area contributed by atoms with Crippen molar-refractivity contribution in [2.45, 2.75) is 19.9 Å². The Kier molecular flexibility index (Phi) is 5.02. The molecule has 0 spiro atoms. The molecule has 4 nitrogen and oxygen atoms in total. The van der Waals surface area contributed by atoms with E-state index in [1.165, 1.54) is 0 Å². The maximum absolute atomic E-state index is 11.4. The lowest BCUT2D eigenvalue weighted by atomic mass is 10.3. The van der Waals surface area contributed by atoms with E-state index in [0.29, 0.717) is 17.4 Å². The molecule has 1 rings (SSSR count). The van der Waals surface area contributed by atoms with Gasteiger partial charge in [0.2, 0.25) is 0 Å². The van der Waals surface area contributed by atoms with Gasteiger partial charge in [0.15, 0.2) is 0 Å². The van der Waals surface area contributed by atoms with Crippen LogP contribution >= 0.6 is 27.5 Å². The van der Waals surface area contributed by atoms with Gasteiger partial charge in [0, 0.05) is 10.7 Å². The fraction of sp³-hybridized carbons (Fsp3) is 0.400. The molecule has 0 aromatic carbocycles. The largest absolute Gasteiger partial charge is 0.464 e. The quantitative estimate of drug-likeness (QED) is 0.869. The molecule has 0 saturated carbocycles. The van der Waals surface area contributed by atoms with Crippen LogP contribution in [0, 0.1) is 0 Å². The number of pyridine rings is 1. The molecule has 0 aliphatic rings. The lowest BCUT2D eigenvalue weighted by Gasteiger charge is -2.13. The summed E-state index contributed by atoms with van der Waals surface area (Å²) in [6.45, 7) is 3.81. The van der Waals surface area contributed by atoms with Crippen LogP contribution in [-0.4, -0.2) is 23.6 Å². The van der Waals surface area contributed by atoms with Crippen molar-refractivity contribution < 1.29 is 9.53 Å². The molecular formula is C10H12BrClN2O2. The number of nitrogens with zero attached hydrogens (tertiary/aromatic N) is 1. The Bertz CT molecular complexity index is 387. The van der Waals surface area contributed by atoms with Gasteiger partial charge in [-0.15, -0.1) is 0 Å². The van der Waals surface area contributed by atoms with Gasteiger partial charge in [0.05, 0.1) is 11.6 Å². The maximum Gasteiger partial charge on any atom is 0.328 e. The van der Waals surface area contributed by atoms with Gasteiger partial charge < -0.3 is 10.1 Å². The zero-order valence-electron chi connectivity index (χ0n) is 8.96. The monoisotopic (exact) mass is 306 g/mol. The first kappa shape index (κ1) is 13.3. The van der Waals surface area contributed by atoms with Crippen molar-refractivity contribution in [3.63, 3.8) is 0 Å². The second-order valence-corrected chi connectivity index (χ2v) is 4.42. The molecule has 1 atom stereocenters. The molecule has 1 N–H and O–H groups in total. The molecule has 0 radical (unpaired) electrons. The van der Waals surface area contributed by atoms with Crippen LogP contribution in [0.15, 0.2) is 16.7 Å². The van der Waals surface area contributed by atoms with Gasteiger partial charge in [-0.05, 0) is 35.8 Å². The average Bonchev–Trinajstić information content (AvgIpc) is 2.22. The summed E-state index contributed by atoms with van der Waals surface area (Å²) in [6, 6.07) is 1.22. The van der Waals surface area contributed by atoms with Crippen molar-refractivity contribution in [1.82, 2.24) is 4.98 Å². The van der Waals surface area contributed by atoms with E-state index in [0.717, 1.165) is 4.47 Å². The van der Waals surface area contributed by atoms with Gasteiger partial charge >= 0.3 is 5.97 Å². The summed E-state index contributed by atoms with van der Waals surface area (Å²) < 4.78 is 5.64. The number of nitrogens with one attached hydrogen (secondary N) is 1. The number of rotatable bonds is 4. The number of carbonyl (C=O) groups excluding carboxylic acids is 1. The van der Waals surface area contributed by atoms with Crippen molar-refractivity contribution in [3.05, 3.63) is 21.8 Å². The van der Waals surface area contributed by atoms with Gasteiger partial charge in [0.1, 0.15) is 11.9 Å². The predicted molar refractivity (Wildman–Crippen MR) is 66.7 cm³/mol. The first-order chi connectivity index (χ1) is 7.54. The van der Waals surface area contributed by atoms with Crippen LogP contribution in [0.4, 0.5) is 5.82 Å². The molecule has 0 aliphatic heterocycles. The minimum Gasteiger partial charge on any atom is -0.464 e. The molecule has 0 aliphatic carbocycles. The summed E-state index contributed by atoms with van der Waals surface area (Å²) >= 11 is 9.20. The zero-order chi connectivity index (χ0) is 12.1. The Morgan fingerprint density at radius 3 is 3.00 bits per heavy atom. The summed E-state index contributed by atoms with van der Waals surface area (Å²) in [4.78, 5) is 15.4. The highest BCUT2D eigenvalue weighted by Gasteiger charge is 2.15. The van der Waals surface area contributed by atoms with E-state index < -0.39 is 6.04 Å². The number of halogens is 2. The topological polar surface area (TPSA) is 51.2 Å². The fourth-order valence-electron chi connectivity index (χ4n) is 1.05. The van der Waals surface area contributed by atoms with Crippen LogP contribution in [0.25, 0.3) is 0 Å². The van der Waals surface area contributed by atoms with Crippen molar-refractivity contribution >= 4 is 39.3 Å². The first-order valence-corrected chi connectivity index (χ1v) is 5.96. The predicted octanol–water partition coefficient (Wildman–Crippen LogP) is 2.86. The smallest absolute Gasteiger partial charge is 0.328 e. The normalized spacial score (nSPS) is 12.0. The maximum atomic E-state index is 11.4. The Hall–Kier alpha value is -0.810. The molecule has 1 unspecified atom stereocenters. The summed E-state index contributed by atoms with van der Waals surface area (Å²) in [7, 11) is 0. The van der Waals surface area contributed by atoms with E-state index in [-0.39, 0.29) is 5.97 Å². The summed E-state index contributed by atoms with van der Waals surface area (Å²) in [6.07, 6.45) is 1.60. The summed E-state index contributed by atoms with van der Waals surface area (Å²) in [5.41, 5.74) is 0. The van der Waals surface area contributed by atoms with Gasteiger partial charge in [-0.3, -0.25) is 0 Å². The summed E-state index contributed by atoms with van der Waals surface area (Å²) in [5, 5.41) is 3.33. The number of anilines is 1. The second kappa shape index (κ2) is 6.06. The SMILES string of the molecule is CCOC(=O)C(C)Nc1ncc(Br)cc1Cl. The average molecular weight is 308 g/mol. The number of carbonyl (C=O) groups is 1. The Balaban J connectivity index is 2.69. The zero-order valence-corrected chi connectivity index (χ0v) is 11.3. The highest BCUT2D eigenvalue weighted by Crippen LogP contribution is 2.23. The van der Waals surface area contributed by atoms with Gasteiger partial charge in [-0.25, -0.2) is 9.78 Å². The van der Waals surface area contributed by atoms with Crippen LogP contribution in [0.2, 0.25) is 5.02 Å². The van der Waals surface area contributed by atoms with E-state index in [4.69, 9.17) is 16.3 Å². The highest BCUT2D eigenvalue weighted by molar-refractivity contribution is 9.10. The van der Waals surface area contributed by atoms with Crippen LogP contribution in [-0.2, 0) is 9.53 Å². The standard InChI is InChI=1S/C10H12BrClN2O2/c1-3-16-10(15)6(2)14-9-8(12)4-7(11)5-13-9/h4-6H,3H2,1-2H3,(H,13,14). The Morgan fingerprint density at radius 1 is 1.75 bits per heavy atom. The molecule has 0 bridgehead atoms. The number of hydrogen-bond donors (Lipinski definition) is 1. The Morgan fingerprint density at radius 2 is 2.44 bits per heavy atom. The number of esters is 1. The lowest BCUT2D eigenvalue weighted by molar-refractivity contribution is -0.143. The minimum absolute atomic E-state index is 0.330. The van der Waals surface area contributed by atoms with Crippen molar-refractivity contribution in [2.75, 3.05) is 11.9 Å². The number of ether oxygens (including phenoxy) is 1. The van der Waals surface area contributed by atoms with E-state index in [9.17, 15) is 4.79 Å². The van der Waals surface area contributed by atoms with E-state index in [1.807, 2.05) is 0 Å². The van der Waals surface area contributed by atoms with E-state index in [1.54, 1.807) is 26.1 Å². The third kappa shape index (κ3) is 3.64. The van der Waals surface area contributed by atoms with E-state index >= 15 is 0 Å². The summed E-state index contributed by atoms with van der Waals surface area (Å²) in [5.74, 6) is 0.133. The molecule has 1 heterocycles. The fourth-order valence-corrected chi connectivity index (χ4v) is 1.74. The first-order valence-electron chi connectivity index (χ1n) is 4.78. The molecule has 0 amide bonds. The molecule has 0 fully saturated rings. The minimum atomic E-state index is -0.480. The van der Waals surface area contributed by atoms with Crippen LogP contribution in [0.3, 0.4) is 0 Å². The second-order valence-electron chi connectivity index (χ2n) is 3.10. The molecule has 1 aromatic rings. The van der Waals surface area contributed by atoms with Crippen molar-refractivity contribution in [3.8, 4) is 0 Å². The Labute approximate surface area is 107 Å². The van der Waals surface area contributed by atoms with E-state index in [2.05, 4.69) is 26.2 Å². The van der Waals surface area contributed by atoms with Gasteiger partial charge in [0.25, 0.3) is 0 Å². The van der Waals surface area contributed by atoms with Gasteiger partial charge in [-0.2, -0.15) is 0 Å². The molecule has 0 saturated heterocycles. The third-order valence-electron chi connectivity index (χ3n) is 1.80. The van der Waals surface area contributed by atoms with Crippen LogP contribution in [0.1, 0.15) is 13.8 Å². The number of aromatic nitrogens is 1. The molecular weight excluding hydrogens is 295 g/mol. The molecule has 6 heteroatoms. The van der Waals surface area contributed by atoms with Gasteiger partial charge in [-0.1, -0.05) is 11.6 Å².